The fraction of sp³-hybridized carbons (Fsp3) is 0.250. The molecule has 0 aliphatic heterocycles. The van der Waals surface area contributed by atoms with Gasteiger partial charge in [0.1, 0.15) is 12.5 Å². The zero-order valence-corrected chi connectivity index (χ0v) is 5.70. The lowest BCUT2D eigenvalue weighted by molar-refractivity contribution is 0.480. The van der Waals surface area contributed by atoms with Crippen molar-refractivity contribution in [1.29, 1.82) is 0 Å². The van der Waals surface area contributed by atoms with Gasteiger partial charge in [0.2, 0.25) is 0 Å². The fourth-order valence-corrected chi connectivity index (χ4v) is 0.784. The largest absolute Gasteiger partial charge is 0.246 e. The van der Waals surface area contributed by atoms with Crippen molar-refractivity contribution >= 4 is 0 Å². The summed E-state index contributed by atoms with van der Waals surface area (Å²) in [5.41, 5.74) is 1.23. The van der Waals surface area contributed by atoms with E-state index < -0.39 is 6.67 Å². The van der Waals surface area contributed by atoms with Crippen LogP contribution in [0, 0.1) is 12.7 Å². The highest BCUT2D eigenvalue weighted by Crippen LogP contribution is 2.10. The van der Waals surface area contributed by atoms with Crippen molar-refractivity contribution in [1.82, 2.24) is 0 Å². The zero-order valence-electron chi connectivity index (χ0n) is 5.70. The van der Waals surface area contributed by atoms with E-state index in [0.29, 0.717) is 5.56 Å². The summed E-state index contributed by atoms with van der Waals surface area (Å²) < 4.78 is 24.4. The number of hydrogen-bond acceptors (Lipinski definition) is 0. The Morgan fingerprint density at radius 1 is 1.40 bits per heavy atom. The molecule has 0 atom stereocenters. The molecule has 0 heterocycles. The van der Waals surface area contributed by atoms with E-state index in [9.17, 15) is 8.78 Å². The van der Waals surface area contributed by atoms with Crippen LogP contribution in [0.2, 0.25) is 0 Å². The van der Waals surface area contributed by atoms with Crippen LogP contribution >= 0.6 is 0 Å². The van der Waals surface area contributed by atoms with Crippen molar-refractivity contribution in [3.05, 3.63) is 35.1 Å². The molecule has 0 aliphatic rings. The molecule has 0 N–H and O–H groups in total. The minimum absolute atomic E-state index is 0.377. The first-order valence-electron chi connectivity index (χ1n) is 3.05. The topological polar surface area (TPSA) is 0 Å². The summed E-state index contributed by atoms with van der Waals surface area (Å²) in [5, 5.41) is 0. The number of hydrogen-bond donors (Lipinski definition) is 0. The summed E-state index contributed by atoms with van der Waals surface area (Å²) in [7, 11) is 0. The van der Waals surface area contributed by atoms with E-state index in [1.165, 1.54) is 12.1 Å². The maximum atomic E-state index is 12.4. The Labute approximate surface area is 58.5 Å². The van der Waals surface area contributed by atoms with Crippen molar-refractivity contribution in [2.45, 2.75) is 13.6 Å². The number of rotatable bonds is 1. The van der Waals surface area contributed by atoms with Crippen molar-refractivity contribution in [3.63, 3.8) is 0 Å². The average molecular weight is 142 g/mol. The quantitative estimate of drug-likeness (QED) is 0.565. The number of aryl methyl sites for hydroxylation is 1. The van der Waals surface area contributed by atoms with Gasteiger partial charge in [-0.3, -0.25) is 0 Å². The average Bonchev–Trinajstić information content (AvgIpc) is 1.94. The summed E-state index contributed by atoms with van der Waals surface area (Å²) in [6.45, 7) is 1.16. The molecule has 54 valence electrons. The zero-order chi connectivity index (χ0) is 7.56. The van der Waals surface area contributed by atoms with Crippen LogP contribution in [0.4, 0.5) is 8.78 Å². The van der Waals surface area contributed by atoms with Crippen molar-refractivity contribution < 1.29 is 8.78 Å². The summed E-state index contributed by atoms with van der Waals surface area (Å²) in [6.07, 6.45) is 0. The second-order valence-electron chi connectivity index (χ2n) is 2.20. The van der Waals surface area contributed by atoms with Gasteiger partial charge in [0.05, 0.1) is 0 Å². The van der Waals surface area contributed by atoms with Crippen molar-refractivity contribution in [3.8, 4) is 0 Å². The van der Waals surface area contributed by atoms with Gasteiger partial charge in [-0.05, 0) is 30.2 Å². The van der Waals surface area contributed by atoms with Gasteiger partial charge in [0, 0.05) is 0 Å². The summed E-state index contributed by atoms with van der Waals surface area (Å²) >= 11 is 0. The van der Waals surface area contributed by atoms with Crippen LogP contribution in [-0.4, -0.2) is 0 Å². The van der Waals surface area contributed by atoms with Crippen LogP contribution in [0.1, 0.15) is 11.1 Å². The molecule has 0 aliphatic carbocycles. The molecule has 10 heavy (non-hydrogen) atoms. The van der Waals surface area contributed by atoms with E-state index >= 15 is 0 Å². The Balaban J connectivity index is 3.09. The van der Waals surface area contributed by atoms with Gasteiger partial charge in [0.25, 0.3) is 0 Å². The Hall–Kier alpha value is -0.920. The first kappa shape index (κ1) is 7.19. The Bertz CT molecular complexity index is 231. The van der Waals surface area contributed by atoms with E-state index in [0.717, 1.165) is 5.56 Å². The summed E-state index contributed by atoms with van der Waals surface area (Å²) in [4.78, 5) is 0. The predicted molar refractivity (Wildman–Crippen MR) is 35.9 cm³/mol. The highest BCUT2D eigenvalue weighted by atomic mass is 19.1. The molecule has 0 saturated carbocycles. The highest BCUT2D eigenvalue weighted by Gasteiger charge is 1.97. The van der Waals surface area contributed by atoms with Crippen LogP contribution in [0.3, 0.4) is 0 Å². The Kier molecular flexibility index (Phi) is 2.00. The van der Waals surface area contributed by atoms with Crippen LogP contribution in [-0.2, 0) is 6.67 Å². The van der Waals surface area contributed by atoms with Gasteiger partial charge in [-0.15, -0.1) is 0 Å². The SMILES string of the molecule is Cc1ccc(F)cc1CF. The second kappa shape index (κ2) is 2.78. The summed E-state index contributed by atoms with van der Waals surface area (Å²) in [5.74, 6) is -0.377. The third-order valence-corrected chi connectivity index (χ3v) is 1.46. The molecule has 0 radical (unpaired) electrons. The molecule has 0 saturated heterocycles. The molecule has 1 aromatic carbocycles. The van der Waals surface area contributed by atoms with Gasteiger partial charge in [0.15, 0.2) is 0 Å². The van der Waals surface area contributed by atoms with E-state index in [2.05, 4.69) is 0 Å². The van der Waals surface area contributed by atoms with E-state index in [1.54, 1.807) is 13.0 Å². The van der Waals surface area contributed by atoms with E-state index in [-0.39, 0.29) is 5.82 Å². The molecule has 1 aromatic rings. The van der Waals surface area contributed by atoms with E-state index in [1.807, 2.05) is 0 Å². The minimum atomic E-state index is -0.594. The van der Waals surface area contributed by atoms with Crippen LogP contribution in [0.25, 0.3) is 0 Å². The molecule has 0 bridgehead atoms. The van der Waals surface area contributed by atoms with Crippen LogP contribution in [0.15, 0.2) is 18.2 Å². The first-order valence-corrected chi connectivity index (χ1v) is 3.05. The third-order valence-electron chi connectivity index (χ3n) is 1.46. The lowest BCUT2D eigenvalue weighted by Gasteiger charge is -1.98. The van der Waals surface area contributed by atoms with E-state index in [4.69, 9.17) is 0 Å². The van der Waals surface area contributed by atoms with Crippen LogP contribution in [0.5, 0.6) is 0 Å². The van der Waals surface area contributed by atoms with Crippen LogP contribution < -0.4 is 0 Å². The smallest absolute Gasteiger partial charge is 0.123 e. The third kappa shape index (κ3) is 1.32. The molecule has 0 nitrogen and oxygen atoms in total. The molecule has 1 rings (SSSR count). The molecule has 0 amide bonds. The highest BCUT2D eigenvalue weighted by molar-refractivity contribution is 5.25. The van der Waals surface area contributed by atoms with Gasteiger partial charge in [-0.2, -0.15) is 0 Å². The first-order chi connectivity index (χ1) is 4.74. The van der Waals surface area contributed by atoms with Gasteiger partial charge >= 0.3 is 0 Å². The molecule has 0 aromatic heterocycles. The van der Waals surface area contributed by atoms with Crippen molar-refractivity contribution in [2.75, 3.05) is 0 Å². The number of benzene rings is 1. The predicted octanol–water partition coefficient (Wildman–Crippen LogP) is 2.60. The molecular weight excluding hydrogens is 134 g/mol. The normalized spacial score (nSPS) is 9.90. The van der Waals surface area contributed by atoms with Gasteiger partial charge < -0.3 is 0 Å². The van der Waals surface area contributed by atoms with Crippen molar-refractivity contribution in [2.24, 2.45) is 0 Å². The summed E-state index contributed by atoms with van der Waals surface area (Å²) in [6, 6.07) is 4.12. The number of alkyl halides is 1. The lowest BCUT2D eigenvalue weighted by atomic mass is 10.1. The molecular formula is C8H8F2. The monoisotopic (exact) mass is 142 g/mol. The minimum Gasteiger partial charge on any atom is -0.246 e. The second-order valence-corrected chi connectivity index (χ2v) is 2.20. The van der Waals surface area contributed by atoms with Gasteiger partial charge in [-0.1, -0.05) is 6.07 Å². The fourth-order valence-electron chi connectivity index (χ4n) is 0.784. The maximum absolute atomic E-state index is 12.4. The lowest BCUT2D eigenvalue weighted by Crippen LogP contribution is -1.85. The van der Waals surface area contributed by atoms with Gasteiger partial charge in [-0.25, -0.2) is 8.78 Å². The molecule has 0 spiro atoms. The Morgan fingerprint density at radius 2 is 2.10 bits per heavy atom. The number of halogens is 2. The maximum Gasteiger partial charge on any atom is 0.123 e. The molecule has 2 heteroatoms. The molecule has 0 unspecified atom stereocenters. The molecule has 0 fully saturated rings. The Morgan fingerprint density at radius 3 is 2.60 bits per heavy atom. The standard InChI is InChI=1S/C8H8F2/c1-6-2-3-8(10)4-7(6)5-9/h2-4H,5H2,1H3.